The zero-order valence-corrected chi connectivity index (χ0v) is 32.0. The first-order valence-corrected chi connectivity index (χ1v) is 20.8. The number of unbranched alkanes of at least 4 members (excludes halogenated alkanes) is 22. The number of nitrogens with one attached hydrogen (secondary N) is 1. The Balaban J connectivity index is 3.51. The van der Waals surface area contributed by atoms with Crippen molar-refractivity contribution in [1.82, 2.24) is 5.32 Å². The molecule has 48 heavy (non-hydrogen) atoms. The van der Waals surface area contributed by atoms with Crippen molar-refractivity contribution >= 4 is 5.91 Å². The molecule has 0 aliphatic carbocycles. The fourth-order valence-electron chi connectivity index (χ4n) is 6.17. The van der Waals surface area contributed by atoms with Crippen LogP contribution in [0.5, 0.6) is 0 Å². The number of aliphatic hydroxyl groups is 2. The molecule has 2 unspecified atom stereocenters. The lowest BCUT2D eigenvalue weighted by atomic mass is 10.0. The van der Waals surface area contributed by atoms with E-state index in [1.165, 1.54) is 128 Å². The highest BCUT2D eigenvalue weighted by Crippen LogP contribution is 2.15. The SMILES string of the molecule is CC/C=C\C/C=C\C/C=C\C/C=C\CCCCCCCCCCCCCCC(=O)NC(CO)C(O)CCCCCCCCCCCCC. The van der Waals surface area contributed by atoms with Gasteiger partial charge in [-0.25, -0.2) is 0 Å². The van der Waals surface area contributed by atoms with Gasteiger partial charge in [-0.05, 0) is 51.4 Å². The summed E-state index contributed by atoms with van der Waals surface area (Å²) in [5.41, 5.74) is 0. The van der Waals surface area contributed by atoms with E-state index in [1.54, 1.807) is 0 Å². The Labute approximate surface area is 299 Å². The van der Waals surface area contributed by atoms with Crippen molar-refractivity contribution in [2.24, 2.45) is 0 Å². The second-order valence-electron chi connectivity index (χ2n) is 14.0. The Bertz CT molecular complexity index is 771. The molecule has 0 aromatic rings. The lowest BCUT2D eigenvalue weighted by molar-refractivity contribution is -0.123. The molecule has 0 spiro atoms. The van der Waals surface area contributed by atoms with E-state index in [0.29, 0.717) is 12.8 Å². The van der Waals surface area contributed by atoms with Gasteiger partial charge in [0.1, 0.15) is 0 Å². The molecule has 0 aliphatic rings. The van der Waals surface area contributed by atoms with Crippen LogP contribution in [0.4, 0.5) is 0 Å². The van der Waals surface area contributed by atoms with Crippen LogP contribution in [0.1, 0.15) is 206 Å². The first-order chi connectivity index (χ1) is 23.7. The van der Waals surface area contributed by atoms with Gasteiger partial charge in [-0.2, -0.15) is 0 Å². The third-order valence-corrected chi connectivity index (χ3v) is 9.35. The minimum Gasteiger partial charge on any atom is -0.394 e. The van der Waals surface area contributed by atoms with E-state index in [4.69, 9.17) is 0 Å². The topological polar surface area (TPSA) is 69.6 Å². The van der Waals surface area contributed by atoms with Gasteiger partial charge in [-0.3, -0.25) is 4.79 Å². The molecule has 0 saturated carbocycles. The van der Waals surface area contributed by atoms with Gasteiger partial charge in [0.2, 0.25) is 5.91 Å². The molecular formula is C44H81NO3. The second-order valence-corrected chi connectivity index (χ2v) is 14.0. The maximum atomic E-state index is 12.4. The predicted molar refractivity (Wildman–Crippen MR) is 211 cm³/mol. The molecule has 0 aromatic carbocycles. The van der Waals surface area contributed by atoms with Crippen LogP contribution in [-0.4, -0.2) is 34.9 Å². The predicted octanol–water partition coefficient (Wildman–Crippen LogP) is 12.8. The number of rotatable bonds is 37. The van der Waals surface area contributed by atoms with Gasteiger partial charge in [0, 0.05) is 6.42 Å². The second kappa shape index (κ2) is 39.8. The summed E-state index contributed by atoms with van der Waals surface area (Å²) in [7, 11) is 0. The third-order valence-electron chi connectivity index (χ3n) is 9.35. The average molecular weight is 672 g/mol. The van der Waals surface area contributed by atoms with Crippen LogP contribution >= 0.6 is 0 Å². The van der Waals surface area contributed by atoms with Gasteiger partial charge in [0.05, 0.1) is 18.8 Å². The zero-order valence-electron chi connectivity index (χ0n) is 32.0. The minimum absolute atomic E-state index is 0.0366. The molecule has 3 N–H and O–H groups in total. The molecule has 0 rings (SSSR count). The van der Waals surface area contributed by atoms with Gasteiger partial charge in [-0.15, -0.1) is 0 Å². The number of allylic oxidation sites excluding steroid dienone is 8. The highest BCUT2D eigenvalue weighted by molar-refractivity contribution is 5.76. The van der Waals surface area contributed by atoms with E-state index in [0.717, 1.165) is 51.4 Å². The van der Waals surface area contributed by atoms with E-state index in [-0.39, 0.29) is 12.5 Å². The van der Waals surface area contributed by atoms with Crippen LogP contribution in [0.2, 0.25) is 0 Å². The molecular weight excluding hydrogens is 590 g/mol. The largest absolute Gasteiger partial charge is 0.394 e. The number of amides is 1. The first kappa shape index (κ1) is 46.4. The smallest absolute Gasteiger partial charge is 0.220 e. The number of hydrogen-bond acceptors (Lipinski definition) is 3. The van der Waals surface area contributed by atoms with Crippen molar-refractivity contribution in [2.45, 2.75) is 219 Å². The van der Waals surface area contributed by atoms with Crippen LogP contribution in [0.15, 0.2) is 48.6 Å². The summed E-state index contributed by atoms with van der Waals surface area (Å²) in [6.07, 6.45) is 53.2. The van der Waals surface area contributed by atoms with Gasteiger partial charge in [0.15, 0.2) is 0 Å². The van der Waals surface area contributed by atoms with Crippen LogP contribution in [0.25, 0.3) is 0 Å². The van der Waals surface area contributed by atoms with Crippen molar-refractivity contribution in [3.05, 3.63) is 48.6 Å². The van der Waals surface area contributed by atoms with Crippen LogP contribution in [0, 0.1) is 0 Å². The maximum Gasteiger partial charge on any atom is 0.220 e. The highest BCUT2D eigenvalue weighted by atomic mass is 16.3. The molecule has 4 nitrogen and oxygen atoms in total. The van der Waals surface area contributed by atoms with Crippen molar-refractivity contribution in [2.75, 3.05) is 6.61 Å². The average Bonchev–Trinajstić information content (AvgIpc) is 3.09. The van der Waals surface area contributed by atoms with E-state index < -0.39 is 12.1 Å². The van der Waals surface area contributed by atoms with E-state index in [9.17, 15) is 15.0 Å². The standard InChI is InChI=1S/C44H81NO3/c1-3-5-7-9-11-13-15-16-17-18-19-20-21-22-23-24-25-26-27-28-30-32-34-36-38-40-44(48)45-42(41-46)43(47)39-37-35-33-31-29-14-12-10-8-6-4-2/h5,7,11,13,16-17,19-20,42-43,46-47H,3-4,6,8-10,12,14-15,18,21-41H2,1-2H3,(H,45,48)/b7-5-,13-11-,17-16-,20-19-. The van der Waals surface area contributed by atoms with Gasteiger partial charge >= 0.3 is 0 Å². The molecule has 4 heteroatoms. The molecule has 0 radical (unpaired) electrons. The van der Waals surface area contributed by atoms with E-state index in [2.05, 4.69) is 67.8 Å². The summed E-state index contributed by atoms with van der Waals surface area (Å²) in [5.74, 6) is -0.0366. The summed E-state index contributed by atoms with van der Waals surface area (Å²) in [5, 5.41) is 23.1. The first-order valence-electron chi connectivity index (χ1n) is 20.8. The van der Waals surface area contributed by atoms with Gasteiger partial charge in [0.25, 0.3) is 0 Å². The molecule has 0 bridgehead atoms. The Morgan fingerprint density at radius 2 is 0.917 bits per heavy atom. The van der Waals surface area contributed by atoms with Crippen LogP contribution < -0.4 is 5.32 Å². The molecule has 0 saturated heterocycles. The van der Waals surface area contributed by atoms with Crippen molar-refractivity contribution in [1.29, 1.82) is 0 Å². The number of aliphatic hydroxyl groups excluding tert-OH is 2. The van der Waals surface area contributed by atoms with Crippen molar-refractivity contribution < 1.29 is 15.0 Å². The fraction of sp³-hybridized carbons (Fsp3) is 0.795. The number of hydrogen-bond donors (Lipinski definition) is 3. The summed E-state index contributed by atoms with van der Waals surface area (Å²) in [6, 6.07) is -0.536. The number of carbonyl (C=O) groups excluding carboxylic acids is 1. The molecule has 280 valence electrons. The summed E-state index contributed by atoms with van der Waals surface area (Å²) in [4.78, 5) is 12.4. The highest BCUT2D eigenvalue weighted by Gasteiger charge is 2.19. The van der Waals surface area contributed by atoms with Crippen molar-refractivity contribution in [3.8, 4) is 0 Å². The lowest BCUT2D eigenvalue weighted by Crippen LogP contribution is -2.45. The normalized spacial score (nSPS) is 13.5. The summed E-state index contributed by atoms with van der Waals surface area (Å²) < 4.78 is 0. The van der Waals surface area contributed by atoms with E-state index >= 15 is 0 Å². The molecule has 1 amide bonds. The van der Waals surface area contributed by atoms with Crippen LogP contribution in [-0.2, 0) is 4.79 Å². The third kappa shape index (κ3) is 35.7. The molecule has 0 aromatic heterocycles. The van der Waals surface area contributed by atoms with E-state index in [1.807, 2.05) is 0 Å². The molecule has 0 aliphatic heterocycles. The quantitative estimate of drug-likeness (QED) is 0.0455. The fourth-order valence-corrected chi connectivity index (χ4v) is 6.17. The molecule has 2 atom stereocenters. The Morgan fingerprint density at radius 3 is 1.38 bits per heavy atom. The minimum atomic E-state index is -0.659. The Morgan fingerprint density at radius 1 is 0.521 bits per heavy atom. The lowest BCUT2D eigenvalue weighted by Gasteiger charge is -2.22. The Hall–Kier alpha value is -1.65. The monoisotopic (exact) mass is 672 g/mol. The van der Waals surface area contributed by atoms with Crippen LogP contribution in [0.3, 0.4) is 0 Å². The molecule has 0 heterocycles. The van der Waals surface area contributed by atoms with Gasteiger partial charge in [-0.1, -0.05) is 197 Å². The molecule has 0 fully saturated rings. The Kier molecular flexibility index (Phi) is 38.4. The summed E-state index contributed by atoms with van der Waals surface area (Å²) in [6.45, 7) is 4.23. The van der Waals surface area contributed by atoms with Gasteiger partial charge < -0.3 is 15.5 Å². The summed E-state index contributed by atoms with van der Waals surface area (Å²) >= 11 is 0. The number of carbonyl (C=O) groups is 1. The maximum absolute atomic E-state index is 12.4. The zero-order chi connectivity index (χ0) is 35.0. The van der Waals surface area contributed by atoms with Crippen molar-refractivity contribution in [3.63, 3.8) is 0 Å².